The molecular weight excluding hydrogens is 680 g/mol. The van der Waals surface area contributed by atoms with Crippen molar-refractivity contribution in [3.8, 4) is 20.9 Å². The van der Waals surface area contributed by atoms with Crippen LogP contribution in [0.4, 0.5) is 0 Å². The fourth-order valence-electron chi connectivity index (χ4n) is 6.31. The quantitative estimate of drug-likeness (QED) is 0.158. The summed E-state index contributed by atoms with van der Waals surface area (Å²) >= 11 is 5.37. The predicted molar refractivity (Wildman–Crippen MR) is 190 cm³/mol. The van der Waals surface area contributed by atoms with Crippen LogP contribution in [0.2, 0.25) is 0 Å². The molecule has 0 amide bonds. The first-order chi connectivity index (χ1) is 20.7. The van der Waals surface area contributed by atoms with Crippen LogP contribution in [0.25, 0.3) is 89.6 Å². The van der Waals surface area contributed by atoms with Gasteiger partial charge in [-0.3, -0.25) is 0 Å². The maximum absolute atomic E-state index is 2.51. The third-order valence-corrected chi connectivity index (χ3v) is 15.7. The van der Waals surface area contributed by atoms with Crippen LogP contribution < -0.4 is 0 Å². The molecule has 0 fully saturated rings. The zero-order valence-electron chi connectivity index (χ0n) is 22.2. The van der Waals surface area contributed by atoms with Gasteiger partial charge in [-0.25, -0.2) is 0 Å². The van der Waals surface area contributed by atoms with Gasteiger partial charge in [0.25, 0.3) is 0 Å². The Labute approximate surface area is 263 Å². The molecule has 0 aliphatic heterocycles. The maximum atomic E-state index is 2.51. The Balaban J connectivity index is 1.14. The summed E-state index contributed by atoms with van der Waals surface area (Å²) in [6, 6.07) is 45.8. The minimum atomic E-state index is -0.439. The summed E-state index contributed by atoms with van der Waals surface area (Å²) in [5, 5.41) is 11.1. The van der Waals surface area contributed by atoms with Crippen molar-refractivity contribution < 1.29 is 0 Å². The van der Waals surface area contributed by atoms with E-state index in [2.05, 4.69) is 121 Å². The standard InChI is InChI=1S/C38H20S3Te/c1-3-7-21(8-4-1)31-18-27-11-23-13-29-35(17-25(23)15-33(27)39-31)41-37-30-14-24-12-28-19-32(22-9-5-2-6-10-22)40-34(28)16-26(24)20-36(30)42-38(29)37/h1-20H. The molecule has 10 aromatic rings. The number of fused-ring (bicyclic) bond motifs is 9. The Morgan fingerprint density at radius 3 is 1.55 bits per heavy atom. The topological polar surface area (TPSA) is 0 Å². The Morgan fingerprint density at radius 2 is 0.929 bits per heavy atom. The van der Waals surface area contributed by atoms with Gasteiger partial charge in [0, 0.05) is 0 Å². The molecular formula is C38H20S3Te. The van der Waals surface area contributed by atoms with Gasteiger partial charge in [-0.15, -0.1) is 0 Å². The van der Waals surface area contributed by atoms with Crippen LogP contribution in [-0.4, -0.2) is 20.4 Å². The minimum absolute atomic E-state index is 0.439. The SMILES string of the molecule is c1ccc(-c2cc3cc4cc5c(cc4cc3s2)sc2c3cc4cc6cc(-c7ccccc7)sc6cc4cc3[te]c52)cc1. The van der Waals surface area contributed by atoms with Crippen molar-refractivity contribution in [2.45, 2.75) is 0 Å². The van der Waals surface area contributed by atoms with Gasteiger partial charge in [0.2, 0.25) is 0 Å². The molecule has 6 aromatic carbocycles. The zero-order valence-corrected chi connectivity index (χ0v) is 27.0. The van der Waals surface area contributed by atoms with Crippen molar-refractivity contribution in [1.82, 2.24) is 0 Å². The van der Waals surface area contributed by atoms with Crippen LogP contribution in [-0.2, 0) is 0 Å². The summed E-state index contributed by atoms with van der Waals surface area (Å²) in [5.41, 5.74) is 2.60. The van der Waals surface area contributed by atoms with Crippen molar-refractivity contribution in [2.24, 2.45) is 0 Å². The molecule has 4 heterocycles. The molecule has 196 valence electrons. The number of hydrogen-bond donors (Lipinski definition) is 0. The molecule has 4 aromatic heterocycles. The van der Waals surface area contributed by atoms with E-state index >= 15 is 0 Å². The molecule has 0 saturated carbocycles. The van der Waals surface area contributed by atoms with E-state index in [0.717, 1.165) is 0 Å². The molecule has 0 N–H and O–H groups in total. The molecule has 0 radical (unpaired) electrons. The third-order valence-electron chi connectivity index (χ3n) is 8.38. The molecule has 0 aliphatic carbocycles. The van der Waals surface area contributed by atoms with E-state index in [9.17, 15) is 0 Å². The molecule has 0 atom stereocenters. The second kappa shape index (κ2) is 9.01. The Morgan fingerprint density at radius 1 is 0.405 bits per heavy atom. The predicted octanol–water partition coefficient (Wildman–Crippen LogP) is 12.3. The molecule has 0 spiro atoms. The van der Waals surface area contributed by atoms with Gasteiger partial charge in [0.05, 0.1) is 0 Å². The average Bonchev–Trinajstić information content (AvgIpc) is 3.79. The van der Waals surface area contributed by atoms with Crippen molar-refractivity contribution in [3.63, 3.8) is 0 Å². The Bertz CT molecular complexity index is 2480. The van der Waals surface area contributed by atoms with E-state index in [4.69, 9.17) is 0 Å². The van der Waals surface area contributed by atoms with E-state index in [1.165, 1.54) is 82.8 Å². The van der Waals surface area contributed by atoms with Gasteiger partial charge in [0.15, 0.2) is 0 Å². The number of hydrogen-bond acceptors (Lipinski definition) is 3. The second-order valence-corrected chi connectivity index (χ2v) is 17.2. The van der Waals surface area contributed by atoms with Crippen LogP contribution in [0.1, 0.15) is 0 Å². The molecule has 0 bridgehead atoms. The van der Waals surface area contributed by atoms with Crippen molar-refractivity contribution >= 4 is 123 Å². The monoisotopic (exact) mass is 702 g/mol. The number of rotatable bonds is 2. The van der Waals surface area contributed by atoms with Crippen molar-refractivity contribution in [1.29, 1.82) is 0 Å². The van der Waals surface area contributed by atoms with Gasteiger partial charge in [-0.05, 0) is 0 Å². The zero-order chi connectivity index (χ0) is 27.4. The van der Waals surface area contributed by atoms with Crippen molar-refractivity contribution in [2.75, 3.05) is 0 Å². The van der Waals surface area contributed by atoms with E-state index in [-0.39, 0.29) is 0 Å². The first kappa shape index (κ1) is 24.0. The average molecular weight is 700 g/mol. The molecule has 42 heavy (non-hydrogen) atoms. The van der Waals surface area contributed by atoms with Crippen LogP contribution in [0.5, 0.6) is 0 Å². The number of benzene rings is 6. The summed E-state index contributed by atoms with van der Waals surface area (Å²) in [6.45, 7) is 0. The van der Waals surface area contributed by atoms with Gasteiger partial charge >= 0.3 is 265 Å². The summed E-state index contributed by atoms with van der Waals surface area (Å²) in [4.78, 5) is 2.69. The first-order valence-electron chi connectivity index (χ1n) is 14.0. The van der Waals surface area contributed by atoms with Gasteiger partial charge in [-0.2, -0.15) is 0 Å². The molecule has 0 unspecified atom stereocenters. The molecule has 0 nitrogen and oxygen atoms in total. The molecule has 4 heteroatoms. The summed E-state index contributed by atoms with van der Waals surface area (Å²) in [6.07, 6.45) is 0. The summed E-state index contributed by atoms with van der Waals surface area (Å²) in [7, 11) is 0. The number of thiophene rings is 3. The fourth-order valence-corrected chi connectivity index (χ4v) is 14.0. The Kier molecular flexibility index (Phi) is 5.15. The van der Waals surface area contributed by atoms with Crippen LogP contribution in [0.3, 0.4) is 0 Å². The van der Waals surface area contributed by atoms with E-state index in [0.29, 0.717) is 0 Å². The van der Waals surface area contributed by atoms with Crippen LogP contribution in [0, 0.1) is 0 Å². The fraction of sp³-hybridized carbons (Fsp3) is 0. The third kappa shape index (κ3) is 3.64. The van der Waals surface area contributed by atoms with E-state index < -0.39 is 20.4 Å². The molecule has 10 rings (SSSR count). The van der Waals surface area contributed by atoms with E-state index in [1.54, 1.807) is 6.80 Å². The van der Waals surface area contributed by atoms with Gasteiger partial charge < -0.3 is 0 Å². The van der Waals surface area contributed by atoms with Gasteiger partial charge in [0.1, 0.15) is 0 Å². The van der Waals surface area contributed by atoms with Crippen molar-refractivity contribution in [3.05, 3.63) is 121 Å². The van der Waals surface area contributed by atoms with Crippen LogP contribution in [0.15, 0.2) is 121 Å². The van der Waals surface area contributed by atoms with Gasteiger partial charge in [-0.1, -0.05) is 0 Å². The normalized spacial score (nSPS) is 12.3. The molecule has 0 saturated heterocycles. The Hall–Kier alpha value is -3.49. The first-order valence-corrected chi connectivity index (χ1v) is 18.8. The summed E-state index contributed by atoms with van der Waals surface area (Å²) in [5.74, 6) is 0. The van der Waals surface area contributed by atoms with E-state index in [1.807, 2.05) is 34.0 Å². The summed E-state index contributed by atoms with van der Waals surface area (Å²) < 4.78 is 8.92. The van der Waals surface area contributed by atoms with Crippen LogP contribution >= 0.6 is 34.0 Å². The second-order valence-electron chi connectivity index (χ2n) is 11.0. The molecule has 0 aliphatic rings.